The number of anilines is 2. The highest BCUT2D eigenvalue weighted by Gasteiger charge is 2.19. The van der Waals surface area contributed by atoms with Gasteiger partial charge in [-0.15, -0.1) is 0 Å². The molecule has 0 saturated heterocycles. The number of nitrogens with two attached hydrogens (primary N) is 1. The zero-order valence-corrected chi connectivity index (χ0v) is 12.5. The molecule has 3 N–H and O–H groups in total. The SMILES string of the molecule is COc1ccc(F)c(NS(=O)(=O)c2ccc(Cl)cc2N)c1. The Morgan fingerprint density at radius 3 is 2.57 bits per heavy atom. The van der Waals surface area contributed by atoms with Gasteiger partial charge in [-0.05, 0) is 30.3 Å². The van der Waals surface area contributed by atoms with Gasteiger partial charge in [-0.1, -0.05) is 11.6 Å². The fraction of sp³-hybridized carbons (Fsp3) is 0.0769. The topological polar surface area (TPSA) is 81.4 Å². The van der Waals surface area contributed by atoms with Crippen molar-refractivity contribution >= 4 is 33.0 Å². The van der Waals surface area contributed by atoms with Gasteiger partial charge in [-0.3, -0.25) is 4.72 Å². The number of nitrogens with one attached hydrogen (secondary N) is 1. The van der Waals surface area contributed by atoms with Crippen molar-refractivity contribution in [3.05, 3.63) is 47.2 Å². The second-order valence-electron chi connectivity index (χ2n) is 4.13. The summed E-state index contributed by atoms with van der Waals surface area (Å²) < 4.78 is 45.2. The number of hydrogen-bond acceptors (Lipinski definition) is 4. The Balaban J connectivity index is 2.42. The van der Waals surface area contributed by atoms with Gasteiger partial charge in [0, 0.05) is 11.1 Å². The predicted molar refractivity (Wildman–Crippen MR) is 79.6 cm³/mol. The minimum absolute atomic E-state index is 0.0293. The van der Waals surface area contributed by atoms with Crippen LogP contribution >= 0.6 is 11.6 Å². The molecule has 0 heterocycles. The Morgan fingerprint density at radius 1 is 1.24 bits per heavy atom. The predicted octanol–water partition coefficient (Wildman–Crippen LogP) is 2.87. The molecule has 0 unspecified atom stereocenters. The van der Waals surface area contributed by atoms with Crippen LogP contribution in [0.25, 0.3) is 0 Å². The van der Waals surface area contributed by atoms with Crippen molar-refractivity contribution in [3.8, 4) is 5.75 Å². The number of halogens is 2. The summed E-state index contributed by atoms with van der Waals surface area (Å²) in [4.78, 5) is -0.186. The number of nitrogen functional groups attached to an aromatic ring is 1. The summed E-state index contributed by atoms with van der Waals surface area (Å²) in [7, 11) is -2.65. The summed E-state index contributed by atoms with van der Waals surface area (Å²) in [5, 5.41) is 0.305. The zero-order valence-electron chi connectivity index (χ0n) is 10.9. The highest BCUT2D eigenvalue weighted by molar-refractivity contribution is 7.92. The van der Waals surface area contributed by atoms with Gasteiger partial charge in [0.15, 0.2) is 0 Å². The molecular formula is C13H12ClFN2O3S. The van der Waals surface area contributed by atoms with E-state index in [1.54, 1.807) is 0 Å². The largest absolute Gasteiger partial charge is 0.497 e. The van der Waals surface area contributed by atoms with E-state index in [0.717, 1.165) is 6.07 Å². The lowest BCUT2D eigenvalue weighted by Crippen LogP contribution is -2.15. The maximum absolute atomic E-state index is 13.7. The molecule has 2 rings (SSSR count). The van der Waals surface area contributed by atoms with Crippen LogP contribution in [-0.4, -0.2) is 15.5 Å². The zero-order chi connectivity index (χ0) is 15.6. The molecule has 2 aromatic carbocycles. The van der Waals surface area contributed by atoms with Crippen LogP contribution in [0.1, 0.15) is 0 Å². The van der Waals surface area contributed by atoms with Crippen LogP contribution in [0.4, 0.5) is 15.8 Å². The molecule has 0 radical (unpaired) electrons. The van der Waals surface area contributed by atoms with Gasteiger partial charge >= 0.3 is 0 Å². The van der Waals surface area contributed by atoms with E-state index in [0.29, 0.717) is 10.8 Å². The van der Waals surface area contributed by atoms with Crippen LogP contribution in [0.15, 0.2) is 41.3 Å². The molecule has 0 aliphatic rings. The van der Waals surface area contributed by atoms with Crippen molar-refractivity contribution in [2.45, 2.75) is 4.90 Å². The summed E-state index contributed by atoms with van der Waals surface area (Å²) in [6.07, 6.45) is 0. The highest BCUT2D eigenvalue weighted by Crippen LogP contribution is 2.27. The van der Waals surface area contributed by atoms with Crippen LogP contribution in [-0.2, 0) is 10.0 Å². The average molecular weight is 331 g/mol. The summed E-state index contributed by atoms with van der Waals surface area (Å²) in [5.41, 5.74) is 5.37. The van der Waals surface area contributed by atoms with Crippen molar-refractivity contribution in [2.75, 3.05) is 17.6 Å². The molecular weight excluding hydrogens is 319 g/mol. The lowest BCUT2D eigenvalue weighted by Gasteiger charge is -2.12. The van der Waals surface area contributed by atoms with Crippen LogP contribution < -0.4 is 15.2 Å². The van der Waals surface area contributed by atoms with E-state index >= 15 is 0 Å². The number of sulfonamides is 1. The first-order valence-corrected chi connectivity index (χ1v) is 7.61. The molecule has 0 aromatic heterocycles. The molecule has 0 bridgehead atoms. The fourth-order valence-corrected chi connectivity index (χ4v) is 3.03. The second kappa shape index (κ2) is 5.79. The van der Waals surface area contributed by atoms with E-state index in [2.05, 4.69) is 4.72 Å². The van der Waals surface area contributed by atoms with E-state index in [1.165, 1.54) is 37.4 Å². The number of ether oxygens (including phenoxy) is 1. The molecule has 0 spiro atoms. The Hall–Kier alpha value is -1.99. The summed E-state index contributed by atoms with van der Waals surface area (Å²) >= 11 is 5.72. The van der Waals surface area contributed by atoms with Crippen LogP contribution in [0.2, 0.25) is 5.02 Å². The van der Waals surface area contributed by atoms with Crippen molar-refractivity contribution in [1.29, 1.82) is 0 Å². The standard InChI is InChI=1S/C13H12ClFN2O3S/c1-20-9-3-4-10(15)12(7-9)17-21(18,19)13-5-2-8(14)6-11(13)16/h2-7,17H,16H2,1H3. The first-order valence-electron chi connectivity index (χ1n) is 5.75. The van der Waals surface area contributed by atoms with E-state index in [-0.39, 0.29) is 16.3 Å². The maximum Gasteiger partial charge on any atom is 0.264 e. The van der Waals surface area contributed by atoms with E-state index < -0.39 is 15.8 Å². The molecule has 21 heavy (non-hydrogen) atoms. The Bertz CT molecular complexity index is 781. The normalized spacial score (nSPS) is 11.2. The highest BCUT2D eigenvalue weighted by atomic mass is 35.5. The summed E-state index contributed by atoms with van der Waals surface area (Å²) in [6.45, 7) is 0. The van der Waals surface area contributed by atoms with Gasteiger partial charge in [-0.2, -0.15) is 0 Å². The van der Waals surface area contributed by atoms with Gasteiger partial charge in [0.25, 0.3) is 10.0 Å². The number of hydrogen-bond donors (Lipinski definition) is 2. The lowest BCUT2D eigenvalue weighted by atomic mass is 10.3. The van der Waals surface area contributed by atoms with Gasteiger partial charge < -0.3 is 10.5 Å². The van der Waals surface area contributed by atoms with E-state index in [1.807, 2.05) is 0 Å². The third-order valence-electron chi connectivity index (χ3n) is 2.68. The molecule has 2 aromatic rings. The van der Waals surface area contributed by atoms with Crippen LogP contribution in [0.3, 0.4) is 0 Å². The average Bonchev–Trinajstić information content (AvgIpc) is 2.40. The Labute approximate surface area is 126 Å². The number of rotatable bonds is 4. The Morgan fingerprint density at radius 2 is 1.95 bits per heavy atom. The van der Waals surface area contributed by atoms with Gasteiger partial charge in [-0.25, -0.2) is 12.8 Å². The number of methoxy groups -OCH3 is 1. The van der Waals surface area contributed by atoms with Crippen molar-refractivity contribution in [2.24, 2.45) is 0 Å². The third kappa shape index (κ3) is 3.37. The smallest absolute Gasteiger partial charge is 0.264 e. The summed E-state index contributed by atoms with van der Waals surface area (Å²) in [5.74, 6) is -0.412. The monoisotopic (exact) mass is 330 g/mol. The fourth-order valence-electron chi connectivity index (χ4n) is 1.67. The van der Waals surface area contributed by atoms with Crippen molar-refractivity contribution in [1.82, 2.24) is 0 Å². The molecule has 0 atom stereocenters. The van der Waals surface area contributed by atoms with Gasteiger partial charge in [0.1, 0.15) is 16.5 Å². The minimum atomic E-state index is -4.04. The molecule has 0 fully saturated rings. The molecule has 0 saturated carbocycles. The van der Waals surface area contributed by atoms with E-state index in [9.17, 15) is 12.8 Å². The number of benzene rings is 2. The molecule has 0 aliphatic carbocycles. The van der Waals surface area contributed by atoms with Crippen LogP contribution in [0, 0.1) is 5.82 Å². The maximum atomic E-state index is 13.7. The molecule has 5 nitrogen and oxygen atoms in total. The van der Waals surface area contributed by atoms with Gasteiger partial charge in [0.2, 0.25) is 0 Å². The molecule has 0 aliphatic heterocycles. The third-order valence-corrected chi connectivity index (χ3v) is 4.35. The molecule has 112 valence electrons. The van der Waals surface area contributed by atoms with Crippen LogP contribution in [0.5, 0.6) is 5.75 Å². The van der Waals surface area contributed by atoms with Crippen molar-refractivity contribution < 1.29 is 17.5 Å². The molecule has 8 heteroatoms. The molecule has 0 amide bonds. The first-order chi connectivity index (χ1) is 9.83. The lowest BCUT2D eigenvalue weighted by molar-refractivity contribution is 0.414. The summed E-state index contributed by atoms with van der Waals surface area (Å²) in [6, 6.07) is 7.65. The minimum Gasteiger partial charge on any atom is -0.497 e. The first kappa shape index (κ1) is 15.4. The van der Waals surface area contributed by atoms with Gasteiger partial charge in [0.05, 0.1) is 18.5 Å². The Kier molecular flexibility index (Phi) is 4.24. The van der Waals surface area contributed by atoms with E-state index in [4.69, 9.17) is 22.1 Å². The van der Waals surface area contributed by atoms with Crippen molar-refractivity contribution in [3.63, 3.8) is 0 Å². The quantitative estimate of drug-likeness (QED) is 0.845. The second-order valence-corrected chi connectivity index (χ2v) is 6.22.